The Morgan fingerprint density at radius 2 is 1.77 bits per heavy atom. The molecule has 2 rings (SSSR count). The summed E-state index contributed by atoms with van der Waals surface area (Å²) in [5.41, 5.74) is 0.916. The van der Waals surface area contributed by atoms with Crippen molar-refractivity contribution in [3.8, 4) is 5.75 Å². The second-order valence-electron chi connectivity index (χ2n) is 7.39. The van der Waals surface area contributed by atoms with Gasteiger partial charge in [0.1, 0.15) is 11.8 Å². The molecule has 0 unspecified atom stereocenters. The summed E-state index contributed by atoms with van der Waals surface area (Å²) in [7, 11) is 0. The quantitative estimate of drug-likeness (QED) is 0.775. The number of hydrogen-bond donors (Lipinski definition) is 1. The molecule has 0 spiro atoms. The monoisotopic (exact) mass is 360 g/mol. The molecule has 2 amide bonds. The third kappa shape index (κ3) is 6.36. The van der Waals surface area contributed by atoms with E-state index in [9.17, 15) is 9.59 Å². The molecule has 0 aromatic heterocycles. The second-order valence-corrected chi connectivity index (χ2v) is 7.39. The molecule has 1 aliphatic heterocycles. The molecular formula is C21H32N2O3. The van der Waals surface area contributed by atoms with E-state index >= 15 is 0 Å². The summed E-state index contributed by atoms with van der Waals surface area (Å²) >= 11 is 0. The number of benzene rings is 1. The minimum absolute atomic E-state index is 0.0680. The third-order valence-corrected chi connectivity index (χ3v) is 4.61. The largest absolute Gasteiger partial charge is 0.494 e. The van der Waals surface area contributed by atoms with E-state index in [0.717, 1.165) is 37.2 Å². The number of carbonyl (C=O) groups excluding carboxylic acids is 2. The fourth-order valence-corrected chi connectivity index (χ4v) is 3.33. The van der Waals surface area contributed by atoms with Crippen molar-refractivity contribution < 1.29 is 14.3 Å². The van der Waals surface area contributed by atoms with Crippen LogP contribution in [-0.4, -0.2) is 42.5 Å². The van der Waals surface area contributed by atoms with Gasteiger partial charge >= 0.3 is 0 Å². The van der Waals surface area contributed by atoms with Crippen molar-refractivity contribution in [2.75, 3.05) is 19.7 Å². The smallest absolute Gasteiger partial charge is 0.245 e. The Kier molecular flexibility index (Phi) is 7.95. The van der Waals surface area contributed by atoms with Crippen molar-refractivity contribution in [1.82, 2.24) is 10.2 Å². The standard InChI is InChI=1S/C21H32N2O3/c1-4-26-18-10-8-17(9-11-18)15-20(24)22-19(14-16(2)3)21(25)23-12-6-5-7-13-23/h8-11,16,19H,4-7,12-15H2,1-3H3,(H,22,24)/t19-/m1/s1. The summed E-state index contributed by atoms with van der Waals surface area (Å²) < 4.78 is 5.42. The van der Waals surface area contributed by atoms with Crippen LogP contribution in [0.3, 0.4) is 0 Å². The number of nitrogens with zero attached hydrogens (tertiary/aromatic N) is 1. The van der Waals surface area contributed by atoms with Crippen molar-refractivity contribution in [2.45, 2.75) is 58.9 Å². The van der Waals surface area contributed by atoms with Crippen LogP contribution in [0.4, 0.5) is 0 Å². The maximum absolute atomic E-state index is 12.8. The number of amides is 2. The van der Waals surface area contributed by atoms with E-state index in [2.05, 4.69) is 19.2 Å². The van der Waals surface area contributed by atoms with E-state index in [1.54, 1.807) is 0 Å². The zero-order valence-electron chi connectivity index (χ0n) is 16.3. The lowest BCUT2D eigenvalue weighted by atomic mass is 10.0. The molecule has 1 aliphatic rings. The molecule has 26 heavy (non-hydrogen) atoms. The molecule has 1 aromatic carbocycles. The molecule has 1 fully saturated rings. The van der Waals surface area contributed by atoms with Gasteiger partial charge in [-0.2, -0.15) is 0 Å². The fraction of sp³-hybridized carbons (Fsp3) is 0.619. The number of ether oxygens (including phenoxy) is 1. The number of piperidine rings is 1. The van der Waals surface area contributed by atoms with E-state index in [1.807, 2.05) is 36.1 Å². The highest BCUT2D eigenvalue weighted by Gasteiger charge is 2.27. The summed E-state index contributed by atoms with van der Waals surface area (Å²) in [6.07, 6.45) is 4.24. The van der Waals surface area contributed by atoms with Gasteiger partial charge in [-0.1, -0.05) is 26.0 Å². The van der Waals surface area contributed by atoms with Crippen LogP contribution in [0.2, 0.25) is 0 Å². The minimum atomic E-state index is -0.428. The lowest BCUT2D eigenvalue weighted by Crippen LogP contribution is -2.50. The zero-order valence-corrected chi connectivity index (χ0v) is 16.3. The predicted octanol–water partition coefficient (Wildman–Crippen LogP) is 3.17. The lowest BCUT2D eigenvalue weighted by molar-refractivity contribution is -0.137. The first kappa shape index (κ1) is 20.3. The Hall–Kier alpha value is -2.04. The Morgan fingerprint density at radius 3 is 2.35 bits per heavy atom. The van der Waals surface area contributed by atoms with Gasteiger partial charge in [0.2, 0.25) is 11.8 Å². The van der Waals surface area contributed by atoms with Crippen molar-refractivity contribution >= 4 is 11.8 Å². The molecule has 144 valence electrons. The highest BCUT2D eigenvalue weighted by molar-refractivity contribution is 5.88. The van der Waals surface area contributed by atoms with E-state index in [4.69, 9.17) is 4.74 Å². The molecule has 0 saturated carbocycles. The number of hydrogen-bond acceptors (Lipinski definition) is 3. The molecule has 1 saturated heterocycles. The molecule has 0 aliphatic carbocycles. The van der Waals surface area contributed by atoms with E-state index < -0.39 is 6.04 Å². The Morgan fingerprint density at radius 1 is 1.12 bits per heavy atom. The van der Waals surface area contributed by atoms with Crippen LogP contribution in [0.25, 0.3) is 0 Å². The molecule has 1 atom stereocenters. The second kappa shape index (κ2) is 10.2. The van der Waals surface area contributed by atoms with Crippen LogP contribution in [0.1, 0.15) is 52.0 Å². The molecular weight excluding hydrogens is 328 g/mol. The third-order valence-electron chi connectivity index (χ3n) is 4.61. The Balaban J connectivity index is 1.95. The summed E-state index contributed by atoms with van der Waals surface area (Å²) in [5, 5.41) is 2.97. The van der Waals surface area contributed by atoms with Gasteiger partial charge in [-0.15, -0.1) is 0 Å². The average Bonchev–Trinajstić information content (AvgIpc) is 2.63. The number of carbonyl (C=O) groups is 2. The number of nitrogens with one attached hydrogen (secondary N) is 1. The van der Waals surface area contributed by atoms with Crippen molar-refractivity contribution in [2.24, 2.45) is 5.92 Å². The first-order valence-electron chi connectivity index (χ1n) is 9.79. The Labute approximate surface area is 157 Å². The van der Waals surface area contributed by atoms with Gasteiger partial charge in [-0.05, 0) is 56.2 Å². The van der Waals surface area contributed by atoms with Crippen molar-refractivity contribution in [3.05, 3.63) is 29.8 Å². The van der Waals surface area contributed by atoms with Gasteiger partial charge in [-0.25, -0.2) is 0 Å². The van der Waals surface area contributed by atoms with Crippen LogP contribution in [0.15, 0.2) is 24.3 Å². The molecule has 5 heteroatoms. The summed E-state index contributed by atoms with van der Waals surface area (Å²) in [5.74, 6) is 1.11. The van der Waals surface area contributed by atoms with E-state index in [-0.39, 0.29) is 18.2 Å². The van der Waals surface area contributed by atoms with Crippen LogP contribution in [-0.2, 0) is 16.0 Å². The first-order valence-corrected chi connectivity index (χ1v) is 9.79. The maximum atomic E-state index is 12.8. The maximum Gasteiger partial charge on any atom is 0.245 e. The van der Waals surface area contributed by atoms with Gasteiger partial charge in [0.15, 0.2) is 0 Å². The average molecular weight is 360 g/mol. The fourth-order valence-electron chi connectivity index (χ4n) is 3.33. The van der Waals surface area contributed by atoms with Crippen LogP contribution < -0.4 is 10.1 Å². The predicted molar refractivity (Wildman–Crippen MR) is 103 cm³/mol. The lowest BCUT2D eigenvalue weighted by Gasteiger charge is -2.31. The van der Waals surface area contributed by atoms with Crippen LogP contribution in [0, 0.1) is 5.92 Å². The van der Waals surface area contributed by atoms with E-state index in [1.165, 1.54) is 6.42 Å². The molecule has 1 heterocycles. The highest BCUT2D eigenvalue weighted by atomic mass is 16.5. The number of likely N-dealkylation sites (tertiary alicyclic amines) is 1. The molecule has 1 aromatic rings. The number of rotatable bonds is 8. The minimum Gasteiger partial charge on any atom is -0.494 e. The first-order chi connectivity index (χ1) is 12.5. The molecule has 0 radical (unpaired) electrons. The van der Waals surface area contributed by atoms with Crippen LogP contribution in [0.5, 0.6) is 5.75 Å². The van der Waals surface area contributed by atoms with Gasteiger partial charge in [-0.3, -0.25) is 9.59 Å². The SMILES string of the molecule is CCOc1ccc(CC(=O)N[C@H](CC(C)C)C(=O)N2CCCCC2)cc1. The van der Waals surface area contributed by atoms with Crippen molar-refractivity contribution in [1.29, 1.82) is 0 Å². The van der Waals surface area contributed by atoms with Gasteiger partial charge < -0.3 is 15.0 Å². The van der Waals surface area contributed by atoms with Crippen molar-refractivity contribution in [3.63, 3.8) is 0 Å². The highest BCUT2D eigenvalue weighted by Crippen LogP contribution is 2.15. The van der Waals surface area contributed by atoms with Crippen LogP contribution >= 0.6 is 0 Å². The van der Waals surface area contributed by atoms with Gasteiger partial charge in [0.25, 0.3) is 0 Å². The summed E-state index contributed by atoms with van der Waals surface area (Å²) in [6, 6.07) is 7.11. The summed E-state index contributed by atoms with van der Waals surface area (Å²) in [6.45, 7) is 8.33. The van der Waals surface area contributed by atoms with E-state index in [0.29, 0.717) is 18.9 Å². The van der Waals surface area contributed by atoms with Gasteiger partial charge in [0, 0.05) is 13.1 Å². The molecule has 1 N–H and O–H groups in total. The molecule has 0 bridgehead atoms. The normalized spacial score (nSPS) is 15.6. The van der Waals surface area contributed by atoms with Gasteiger partial charge in [0.05, 0.1) is 13.0 Å². The summed E-state index contributed by atoms with van der Waals surface area (Å²) in [4.78, 5) is 27.2. The Bertz CT molecular complexity index is 577. The zero-order chi connectivity index (χ0) is 18.9. The molecule has 5 nitrogen and oxygen atoms in total. The topological polar surface area (TPSA) is 58.6 Å².